The van der Waals surface area contributed by atoms with Crippen LogP contribution in [0.3, 0.4) is 0 Å². The van der Waals surface area contributed by atoms with Crippen LogP contribution in [0.5, 0.6) is 0 Å². The lowest BCUT2D eigenvalue weighted by Crippen LogP contribution is -2.35. The normalized spacial score (nSPS) is 19.6. The Kier molecular flexibility index (Phi) is 4.34. The largest absolute Gasteiger partial charge is 0.395 e. The van der Waals surface area contributed by atoms with Gasteiger partial charge in [-0.1, -0.05) is 12.8 Å². The van der Waals surface area contributed by atoms with Crippen LogP contribution in [0.15, 0.2) is 0 Å². The maximum absolute atomic E-state index is 11.4. The molecule has 0 amide bonds. The molecule has 0 saturated heterocycles. The van der Waals surface area contributed by atoms with Gasteiger partial charge in [-0.05, 0) is 25.7 Å². The van der Waals surface area contributed by atoms with Gasteiger partial charge in [0.15, 0.2) is 0 Å². The average Bonchev–Trinajstić information content (AvgIpc) is 2.94. The molecule has 0 spiro atoms. The number of sulfonamides is 1. The summed E-state index contributed by atoms with van der Waals surface area (Å²) in [5.74, 6) is 0.842. The highest BCUT2D eigenvalue weighted by Crippen LogP contribution is 2.33. The van der Waals surface area contributed by atoms with Crippen molar-refractivity contribution in [3.63, 3.8) is 0 Å². The van der Waals surface area contributed by atoms with Crippen molar-refractivity contribution in [1.29, 1.82) is 0 Å². The highest BCUT2D eigenvalue weighted by molar-refractivity contribution is 7.90. The van der Waals surface area contributed by atoms with Crippen molar-refractivity contribution in [2.75, 3.05) is 13.2 Å². The van der Waals surface area contributed by atoms with Crippen molar-refractivity contribution in [3.8, 4) is 0 Å². The second kappa shape index (κ2) is 5.09. The van der Waals surface area contributed by atoms with Crippen molar-refractivity contribution in [2.45, 2.75) is 37.9 Å². The molecule has 1 aliphatic rings. The standard InChI is InChI=1S/C9H19NO3S/c1-8(7-11)14(12,13)10-6-2-3-9-4-5-9/h8-11H,2-7H2,1H3. The molecule has 1 saturated carbocycles. The summed E-state index contributed by atoms with van der Waals surface area (Å²) < 4.78 is 25.2. The van der Waals surface area contributed by atoms with E-state index in [9.17, 15) is 8.42 Å². The number of aliphatic hydroxyl groups is 1. The Balaban J connectivity index is 2.14. The molecule has 0 radical (unpaired) electrons. The monoisotopic (exact) mass is 221 g/mol. The van der Waals surface area contributed by atoms with Gasteiger partial charge in [-0.15, -0.1) is 0 Å². The minimum absolute atomic E-state index is 0.321. The summed E-state index contributed by atoms with van der Waals surface area (Å²) in [6.45, 7) is 1.68. The minimum Gasteiger partial charge on any atom is -0.395 e. The molecule has 1 rings (SSSR count). The second-order valence-electron chi connectivity index (χ2n) is 4.02. The van der Waals surface area contributed by atoms with E-state index in [1.54, 1.807) is 0 Å². The third-order valence-corrected chi connectivity index (χ3v) is 4.39. The molecule has 1 atom stereocenters. The van der Waals surface area contributed by atoms with Crippen molar-refractivity contribution < 1.29 is 13.5 Å². The van der Waals surface area contributed by atoms with E-state index in [4.69, 9.17) is 5.11 Å². The molecule has 5 heteroatoms. The van der Waals surface area contributed by atoms with E-state index >= 15 is 0 Å². The van der Waals surface area contributed by atoms with Crippen molar-refractivity contribution in [2.24, 2.45) is 5.92 Å². The first-order chi connectivity index (χ1) is 6.56. The molecule has 0 heterocycles. The first-order valence-electron chi connectivity index (χ1n) is 5.15. The van der Waals surface area contributed by atoms with E-state index in [1.807, 2.05) is 0 Å². The Morgan fingerprint density at radius 2 is 2.14 bits per heavy atom. The maximum atomic E-state index is 11.4. The molecule has 1 aliphatic carbocycles. The van der Waals surface area contributed by atoms with Crippen LogP contribution in [0, 0.1) is 5.92 Å². The lowest BCUT2D eigenvalue weighted by atomic mass is 10.2. The molecule has 4 nitrogen and oxygen atoms in total. The summed E-state index contributed by atoms with van der Waals surface area (Å²) >= 11 is 0. The molecule has 1 unspecified atom stereocenters. The van der Waals surface area contributed by atoms with Crippen LogP contribution in [0.2, 0.25) is 0 Å². The Bertz CT molecular complexity index is 259. The summed E-state index contributed by atoms with van der Waals surface area (Å²) in [7, 11) is -3.29. The Morgan fingerprint density at radius 3 is 2.64 bits per heavy atom. The molecule has 2 N–H and O–H groups in total. The Labute approximate surface area is 85.8 Å². The Hall–Kier alpha value is -0.130. The molecular weight excluding hydrogens is 202 g/mol. The highest BCUT2D eigenvalue weighted by Gasteiger charge is 2.22. The zero-order chi connectivity index (χ0) is 10.6. The van der Waals surface area contributed by atoms with Gasteiger partial charge in [0.2, 0.25) is 10.0 Å². The summed E-state index contributed by atoms with van der Waals surface area (Å²) in [6, 6.07) is 0. The number of aliphatic hydroxyl groups excluding tert-OH is 1. The van der Waals surface area contributed by atoms with E-state index in [1.165, 1.54) is 19.8 Å². The lowest BCUT2D eigenvalue weighted by Gasteiger charge is -2.10. The molecule has 0 aromatic heterocycles. The Morgan fingerprint density at radius 1 is 1.50 bits per heavy atom. The zero-order valence-electron chi connectivity index (χ0n) is 8.57. The minimum atomic E-state index is -3.29. The summed E-state index contributed by atoms with van der Waals surface area (Å²) in [5.41, 5.74) is 0. The van der Waals surface area contributed by atoms with Gasteiger partial charge in [0.25, 0.3) is 0 Å². The molecular formula is C9H19NO3S. The van der Waals surface area contributed by atoms with E-state index in [-0.39, 0.29) is 6.61 Å². The first-order valence-corrected chi connectivity index (χ1v) is 6.70. The van der Waals surface area contributed by atoms with Crippen molar-refractivity contribution in [1.82, 2.24) is 4.72 Å². The average molecular weight is 221 g/mol. The van der Waals surface area contributed by atoms with Crippen LogP contribution in [0.1, 0.15) is 32.6 Å². The zero-order valence-corrected chi connectivity index (χ0v) is 9.39. The number of nitrogens with one attached hydrogen (secondary N) is 1. The number of rotatable bonds is 7. The van der Waals surface area contributed by atoms with E-state index in [0.717, 1.165) is 18.8 Å². The van der Waals surface area contributed by atoms with Gasteiger partial charge in [0.05, 0.1) is 11.9 Å². The number of hydrogen-bond acceptors (Lipinski definition) is 3. The maximum Gasteiger partial charge on any atom is 0.216 e. The fourth-order valence-corrected chi connectivity index (χ4v) is 2.16. The van der Waals surface area contributed by atoms with Crippen LogP contribution in [0.25, 0.3) is 0 Å². The molecule has 0 aromatic carbocycles. The molecule has 0 aromatic rings. The highest BCUT2D eigenvalue weighted by atomic mass is 32.2. The predicted octanol–water partition coefficient (Wildman–Crippen LogP) is 0.477. The third kappa shape index (κ3) is 3.94. The number of hydrogen-bond donors (Lipinski definition) is 2. The molecule has 14 heavy (non-hydrogen) atoms. The predicted molar refractivity (Wildman–Crippen MR) is 55.4 cm³/mol. The van der Waals surface area contributed by atoms with Crippen LogP contribution >= 0.6 is 0 Å². The second-order valence-corrected chi connectivity index (χ2v) is 6.20. The van der Waals surface area contributed by atoms with E-state index < -0.39 is 15.3 Å². The van der Waals surface area contributed by atoms with E-state index in [2.05, 4.69) is 4.72 Å². The van der Waals surface area contributed by atoms with Gasteiger partial charge >= 0.3 is 0 Å². The van der Waals surface area contributed by atoms with Gasteiger partial charge in [-0.25, -0.2) is 13.1 Å². The van der Waals surface area contributed by atoms with Crippen molar-refractivity contribution >= 4 is 10.0 Å². The SMILES string of the molecule is CC(CO)S(=O)(=O)NCCCC1CC1. The fourth-order valence-electron chi connectivity index (χ4n) is 1.25. The quantitative estimate of drug-likeness (QED) is 0.614. The molecule has 84 valence electrons. The van der Waals surface area contributed by atoms with Gasteiger partial charge in [0, 0.05) is 6.54 Å². The summed E-state index contributed by atoms with van der Waals surface area (Å²) in [6.07, 6.45) is 4.64. The van der Waals surface area contributed by atoms with Crippen LogP contribution < -0.4 is 4.72 Å². The lowest BCUT2D eigenvalue weighted by molar-refractivity contribution is 0.294. The summed E-state index contributed by atoms with van der Waals surface area (Å²) in [5, 5.41) is 8.00. The fraction of sp³-hybridized carbons (Fsp3) is 1.00. The molecule has 0 bridgehead atoms. The third-order valence-electron chi connectivity index (χ3n) is 2.58. The first kappa shape index (κ1) is 11.9. The summed E-state index contributed by atoms with van der Waals surface area (Å²) in [4.78, 5) is 0. The van der Waals surface area contributed by atoms with Gasteiger partial charge in [-0.2, -0.15) is 0 Å². The van der Waals surface area contributed by atoms with Crippen LogP contribution in [0.4, 0.5) is 0 Å². The molecule has 0 aliphatic heterocycles. The van der Waals surface area contributed by atoms with Crippen LogP contribution in [-0.4, -0.2) is 31.9 Å². The van der Waals surface area contributed by atoms with Gasteiger partial charge < -0.3 is 5.11 Å². The van der Waals surface area contributed by atoms with Crippen molar-refractivity contribution in [3.05, 3.63) is 0 Å². The van der Waals surface area contributed by atoms with Gasteiger partial charge in [0.1, 0.15) is 0 Å². The molecule has 1 fully saturated rings. The van der Waals surface area contributed by atoms with E-state index in [0.29, 0.717) is 6.54 Å². The topological polar surface area (TPSA) is 66.4 Å². The van der Waals surface area contributed by atoms with Crippen LogP contribution in [-0.2, 0) is 10.0 Å². The smallest absolute Gasteiger partial charge is 0.216 e. The van der Waals surface area contributed by atoms with Gasteiger partial charge in [-0.3, -0.25) is 0 Å².